The van der Waals surface area contributed by atoms with E-state index >= 15 is 0 Å². The third kappa shape index (κ3) is 3.20. The maximum atomic E-state index is 3.74. The van der Waals surface area contributed by atoms with Crippen LogP contribution >= 0.6 is 0 Å². The summed E-state index contributed by atoms with van der Waals surface area (Å²) in [4.78, 5) is 0. The lowest BCUT2D eigenvalue weighted by Gasteiger charge is -2.00. The monoisotopic (exact) mass is 160 g/mol. The van der Waals surface area contributed by atoms with Gasteiger partial charge in [-0.2, -0.15) is 0 Å². The van der Waals surface area contributed by atoms with Gasteiger partial charge in [0.25, 0.3) is 0 Å². The maximum absolute atomic E-state index is 3.74. The molecule has 0 bridgehead atoms. The van der Waals surface area contributed by atoms with Gasteiger partial charge in [0.2, 0.25) is 0 Å². The predicted molar refractivity (Wildman–Crippen MR) is 57.0 cm³/mol. The van der Waals surface area contributed by atoms with Crippen molar-refractivity contribution in [1.29, 1.82) is 0 Å². The zero-order valence-electron chi connectivity index (χ0n) is 7.88. The van der Waals surface area contributed by atoms with E-state index in [-0.39, 0.29) is 0 Å². The highest BCUT2D eigenvalue weighted by atomic mass is 14.0. The Labute approximate surface area is 75.3 Å². The van der Waals surface area contributed by atoms with Crippen LogP contribution in [0.15, 0.2) is 60.8 Å². The zero-order chi connectivity index (χ0) is 9.40. The van der Waals surface area contributed by atoms with Crippen LogP contribution in [0.2, 0.25) is 0 Å². The molecule has 12 heavy (non-hydrogen) atoms. The Morgan fingerprint density at radius 3 is 1.92 bits per heavy atom. The molecule has 0 aromatic rings. The van der Waals surface area contributed by atoms with Crippen LogP contribution in [0.1, 0.15) is 13.8 Å². The Morgan fingerprint density at radius 1 is 1.00 bits per heavy atom. The lowest BCUT2D eigenvalue weighted by Crippen LogP contribution is -1.80. The van der Waals surface area contributed by atoms with Gasteiger partial charge in [-0.1, -0.05) is 49.6 Å². The molecule has 0 nitrogen and oxygen atoms in total. The summed E-state index contributed by atoms with van der Waals surface area (Å²) in [7, 11) is 0. The molecule has 0 N–H and O–H groups in total. The minimum absolute atomic E-state index is 1.15. The molecule has 0 heterocycles. The van der Waals surface area contributed by atoms with Crippen LogP contribution < -0.4 is 0 Å². The van der Waals surface area contributed by atoms with Crippen molar-refractivity contribution in [3.63, 3.8) is 0 Å². The molecule has 0 saturated heterocycles. The molecule has 0 aromatic heterocycles. The molecule has 0 amide bonds. The van der Waals surface area contributed by atoms with E-state index in [1.165, 1.54) is 5.57 Å². The third-order valence-electron chi connectivity index (χ3n) is 1.59. The summed E-state index contributed by atoms with van der Waals surface area (Å²) in [5.74, 6) is 0. The average Bonchev–Trinajstić information content (AvgIpc) is 2.12. The molecule has 0 unspecified atom stereocenters. The zero-order valence-corrected chi connectivity index (χ0v) is 7.88. The Hall–Kier alpha value is -1.30. The first-order valence-electron chi connectivity index (χ1n) is 4.04. The van der Waals surface area contributed by atoms with Gasteiger partial charge in [-0.05, 0) is 25.0 Å². The van der Waals surface area contributed by atoms with E-state index in [2.05, 4.69) is 19.2 Å². The summed E-state index contributed by atoms with van der Waals surface area (Å²) in [6.45, 7) is 11.4. The third-order valence-corrected chi connectivity index (χ3v) is 1.59. The molecule has 0 spiro atoms. The smallest absolute Gasteiger partial charge is 0.0230 e. The molecule has 0 fully saturated rings. The van der Waals surface area contributed by atoms with E-state index in [1.54, 1.807) is 6.08 Å². The molecule has 0 aliphatic rings. The first kappa shape index (κ1) is 10.7. The topological polar surface area (TPSA) is 0 Å². The van der Waals surface area contributed by atoms with Gasteiger partial charge in [0.05, 0.1) is 0 Å². The maximum Gasteiger partial charge on any atom is -0.0230 e. The molecule has 0 radical (unpaired) electrons. The lowest BCUT2D eigenvalue weighted by atomic mass is 10.1. The van der Waals surface area contributed by atoms with Crippen molar-refractivity contribution in [3.8, 4) is 0 Å². The minimum Gasteiger partial charge on any atom is -0.0991 e. The van der Waals surface area contributed by atoms with Crippen LogP contribution in [-0.4, -0.2) is 0 Å². The SMILES string of the molecule is C=C\C=C/C(=C/C)C(/C=C)=C\C. The Bertz CT molecular complexity index is 237. The number of hydrogen-bond acceptors (Lipinski definition) is 0. The van der Waals surface area contributed by atoms with Crippen LogP contribution in [0.25, 0.3) is 0 Å². The van der Waals surface area contributed by atoms with Crippen molar-refractivity contribution in [3.05, 3.63) is 60.8 Å². The first-order chi connectivity index (χ1) is 5.79. The second-order valence-electron chi connectivity index (χ2n) is 2.29. The molecule has 0 heteroatoms. The Kier molecular flexibility index (Phi) is 5.72. The Balaban J connectivity index is 4.68. The summed E-state index contributed by atoms with van der Waals surface area (Å²) in [6, 6.07) is 0. The van der Waals surface area contributed by atoms with Crippen molar-refractivity contribution in [2.45, 2.75) is 13.8 Å². The van der Waals surface area contributed by atoms with Gasteiger partial charge in [-0.3, -0.25) is 0 Å². The summed E-state index contributed by atoms with van der Waals surface area (Å²) in [5.41, 5.74) is 2.32. The van der Waals surface area contributed by atoms with E-state index in [9.17, 15) is 0 Å². The van der Waals surface area contributed by atoms with Gasteiger partial charge in [0, 0.05) is 0 Å². The van der Waals surface area contributed by atoms with Crippen molar-refractivity contribution in [1.82, 2.24) is 0 Å². The summed E-state index contributed by atoms with van der Waals surface area (Å²) >= 11 is 0. The molecule has 0 saturated carbocycles. The van der Waals surface area contributed by atoms with Gasteiger partial charge in [0.15, 0.2) is 0 Å². The quantitative estimate of drug-likeness (QED) is 0.549. The van der Waals surface area contributed by atoms with Crippen molar-refractivity contribution >= 4 is 0 Å². The fraction of sp³-hybridized carbons (Fsp3) is 0.167. The molecule has 0 atom stereocenters. The fourth-order valence-corrected chi connectivity index (χ4v) is 0.933. The van der Waals surface area contributed by atoms with E-state index in [0.717, 1.165) is 5.57 Å². The first-order valence-corrected chi connectivity index (χ1v) is 4.04. The molecule has 0 aliphatic heterocycles. The molecule has 0 rings (SSSR count). The standard InChI is InChI=1S/C12H16/c1-5-9-10-12(8-4)11(6-2)7-3/h5-10H,1-2H2,3-4H3/b10-9-,11-7-,12-8-. The Morgan fingerprint density at radius 2 is 1.58 bits per heavy atom. The van der Waals surface area contributed by atoms with Gasteiger partial charge in [-0.15, -0.1) is 0 Å². The normalized spacial score (nSPS) is 13.5. The highest BCUT2D eigenvalue weighted by Crippen LogP contribution is 2.12. The van der Waals surface area contributed by atoms with Gasteiger partial charge in [-0.25, -0.2) is 0 Å². The molecular weight excluding hydrogens is 144 g/mol. The van der Waals surface area contributed by atoms with Crippen molar-refractivity contribution in [2.75, 3.05) is 0 Å². The lowest BCUT2D eigenvalue weighted by molar-refractivity contribution is 1.47. The summed E-state index contributed by atoms with van der Waals surface area (Å²) < 4.78 is 0. The second kappa shape index (κ2) is 6.41. The average molecular weight is 160 g/mol. The van der Waals surface area contributed by atoms with Crippen LogP contribution in [0.5, 0.6) is 0 Å². The molecule has 0 aromatic carbocycles. The highest BCUT2D eigenvalue weighted by molar-refractivity contribution is 5.45. The number of allylic oxidation sites excluding steroid dienone is 8. The van der Waals surface area contributed by atoms with Crippen molar-refractivity contribution < 1.29 is 0 Å². The number of rotatable bonds is 4. The molecular formula is C12H16. The van der Waals surface area contributed by atoms with Gasteiger partial charge < -0.3 is 0 Å². The number of hydrogen-bond donors (Lipinski definition) is 0. The summed E-state index contributed by atoms with van der Waals surface area (Å²) in [6.07, 6.45) is 11.6. The second-order valence-corrected chi connectivity index (χ2v) is 2.29. The molecule has 64 valence electrons. The highest BCUT2D eigenvalue weighted by Gasteiger charge is 1.92. The van der Waals surface area contributed by atoms with E-state index in [0.29, 0.717) is 0 Å². The van der Waals surface area contributed by atoms with E-state index in [1.807, 2.05) is 38.2 Å². The molecule has 0 aliphatic carbocycles. The largest absolute Gasteiger partial charge is 0.0991 e. The van der Waals surface area contributed by atoms with E-state index in [4.69, 9.17) is 0 Å². The van der Waals surface area contributed by atoms with Crippen LogP contribution in [0, 0.1) is 0 Å². The van der Waals surface area contributed by atoms with Gasteiger partial charge >= 0.3 is 0 Å². The van der Waals surface area contributed by atoms with E-state index < -0.39 is 0 Å². The predicted octanol–water partition coefficient (Wildman–Crippen LogP) is 3.81. The van der Waals surface area contributed by atoms with Crippen LogP contribution in [-0.2, 0) is 0 Å². The van der Waals surface area contributed by atoms with Gasteiger partial charge in [0.1, 0.15) is 0 Å². The minimum atomic E-state index is 1.15. The summed E-state index contributed by atoms with van der Waals surface area (Å²) in [5, 5.41) is 0. The van der Waals surface area contributed by atoms with Crippen molar-refractivity contribution in [2.24, 2.45) is 0 Å². The van der Waals surface area contributed by atoms with Crippen LogP contribution in [0.4, 0.5) is 0 Å². The fourth-order valence-electron chi connectivity index (χ4n) is 0.933. The van der Waals surface area contributed by atoms with Crippen LogP contribution in [0.3, 0.4) is 0 Å².